The number of carbonyl (C=O) groups is 1. The molecule has 0 radical (unpaired) electrons. The van der Waals surface area contributed by atoms with E-state index in [1.807, 2.05) is 6.92 Å². The van der Waals surface area contributed by atoms with Crippen molar-refractivity contribution in [3.05, 3.63) is 29.6 Å². The molecule has 1 aliphatic carbocycles. The molecule has 22 heavy (non-hydrogen) atoms. The van der Waals surface area contributed by atoms with Crippen molar-refractivity contribution in [2.45, 2.75) is 32.2 Å². The first kappa shape index (κ1) is 18.7. The van der Waals surface area contributed by atoms with Gasteiger partial charge >= 0.3 is 0 Å². The highest BCUT2D eigenvalue weighted by Gasteiger charge is 2.32. The molecule has 124 valence electrons. The van der Waals surface area contributed by atoms with Gasteiger partial charge in [-0.1, -0.05) is 12.5 Å². The summed E-state index contributed by atoms with van der Waals surface area (Å²) in [7, 11) is 1.43. The minimum Gasteiger partial charge on any atom is -0.494 e. The molecule has 0 spiro atoms. The number of nitrogens with one attached hydrogen (secondary N) is 1. The monoisotopic (exact) mass is 330 g/mol. The van der Waals surface area contributed by atoms with E-state index in [4.69, 9.17) is 10.5 Å². The summed E-state index contributed by atoms with van der Waals surface area (Å²) in [6.45, 7) is 2.40. The van der Waals surface area contributed by atoms with Gasteiger partial charge in [-0.05, 0) is 49.9 Å². The highest BCUT2D eigenvalue weighted by molar-refractivity contribution is 5.85. The van der Waals surface area contributed by atoms with Gasteiger partial charge in [0, 0.05) is 5.92 Å². The molecule has 3 atom stereocenters. The van der Waals surface area contributed by atoms with E-state index in [1.54, 1.807) is 12.1 Å². The fourth-order valence-electron chi connectivity index (χ4n) is 3.02. The summed E-state index contributed by atoms with van der Waals surface area (Å²) in [5.74, 6) is 0.0603. The van der Waals surface area contributed by atoms with Crippen LogP contribution in [0.4, 0.5) is 4.39 Å². The molecule has 1 aromatic carbocycles. The molecule has 3 N–H and O–H groups in total. The maximum Gasteiger partial charge on any atom is 0.223 e. The zero-order valence-electron chi connectivity index (χ0n) is 13.0. The molecule has 1 amide bonds. The quantitative estimate of drug-likeness (QED) is 0.872. The Morgan fingerprint density at radius 2 is 2.23 bits per heavy atom. The van der Waals surface area contributed by atoms with E-state index in [0.29, 0.717) is 6.54 Å². The van der Waals surface area contributed by atoms with E-state index >= 15 is 0 Å². The van der Waals surface area contributed by atoms with Gasteiger partial charge in [0.1, 0.15) is 0 Å². The van der Waals surface area contributed by atoms with Crippen LogP contribution in [0.1, 0.15) is 37.8 Å². The molecule has 0 aromatic heterocycles. The second kappa shape index (κ2) is 8.34. The molecule has 4 nitrogen and oxygen atoms in total. The second-order valence-electron chi connectivity index (χ2n) is 5.66. The molecular weight excluding hydrogens is 307 g/mol. The summed E-state index contributed by atoms with van der Waals surface area (Å²) in [4.78, 5) is 12.3. The molecule has 1 aliphatic rings. The maximum atomic E-state index is 13.7. The zero-order valence-corrected chi connectivity index (χ0v) is 13.8. The van der Waals surface area contributed by atoms with Gasteiger partial charge in [-0.15, -0.1) is 12.4 Å². The fraction of sp³-hybridized carbons (Fsp3) is 0.562. The number of rotatable bonds is 5. The molecule has 1 fully saturated rings. The molecule has 0 aliphatic heterocycles. The number of benzene rings is 1. The third-order valence-corrected chi connectivity index (χ3v) is 4.33. The molecule has 0 saturated heterocycles. The van der Waals surface area contributed by atoms with E-state index < -0.39 is 5.82 Å². The lowest BCUT2D eigenvalue weighted by Gasteiger charge is -2.21. The summed E-state index contributed by atoms with van der Waals surface area (Å²) >= 11 is 0. The Labute approximate surface area is 137 Å². The molecule has 1 unspecified atom stereocenters. The van der Waals surface area contributed by atoms with Gasteiger partial charge in [-0.3, -0.25) is 4.79 Å². The zero-order chi connectivity index (χ0) is 15.4. The molecular formula is C16H24ClFN2O2. The Hall–Kier alpha value is -1.33. The van der Waals surface area contributed by atoms with Crippen LogP contribution in [0.2, 0.25) is 0 Å². The predicted octanol–water partition coefficient (Wildman–Crippen LogP) is 2.81. The van der Waals surface area contributed by atoms with Gasteiger partial charge in [-0.25, -0.2) is 4.39 Å². The maximum absolute atomic E-state index is 13.7. The van der Waals surface area contributed by atoms with Crippen LogP contribution in [0.3, 0.4) is 0 Å². The Morgan fingerprint density at radius 1 is 1.50 bits per heavy atom. The lowest BCUT2D eigenvalue weighted by Crippen LogP contribution is -2.36. The Bertz CT molecular complexity index is 513. The fourth-order valence-corrected chi connectivity index (χ4v) is 3.02. The van der Waals surface area contributed by atoms with Crippen LogP contribution in [-0.4, -0.2) is 19.6 Å². The van der Waals surface area contributed by atoms with Gasteiger partial charge in [0.2, 0.25) is 5.91 Å². The van der Waals surface area contributed by atoms with Crippen LogP contribution in [0.15, 0.2) is 18.2 Å². The van der Waals surface area contributed by atoms with Crippen molar-refractivity contribution in [2.75, 3.05) is 13.7 Å². The van der Waals surface area contributed by atoms with Gasteiger partial charge in [0.05, 0.1) is 13.2 Å². The first-order valence-corrected chi connectivity index (χ1v) is 7.40. The molecule has 0 bridgehead atoms. The summed E-state index contributed by atoms with van der Waals surface area (Å²) in [5, 5.41) is 2.97. The highest BCUT2D eigenvalue weighted by Crippen LogP contribution is 2.31. The number of hydrogen-bond acceptors (Lipinski definition) is 3. The molecule has 6 heteroatoms. The van der Waals surface area contributed by atoms with Crippen molar-refractivity contribution >= 4 is 18.3 Å². The molecule has 0 heterocycles. The molecule has 2 rings (SSSR count). The van der Waals surface area contributed by atoms with Crippen LogP contribution in [0.5, 0.6) is 5.75 Å². The van der Waals surface area contributed by atoms with Crippen molar-refractivity contribution in [3.8, 4) is 5.75 Å². The van der Waals surface area contributed by atoms with Crippen LogP contribution >= 0.6 is 12.4 Å². The SMILES string of the molecule is COc1ccc(C(C)NC(=O)[C@@H]2CCC[C@@H]2CN)cc1F.Cl. The first-order chi connectivity index (χ1) is 10.1. The standard InChI is InChI=1S/C16H23FN2O2.ClH/c1-10(11-6-7-15(21-2)14(17)8-11)19-16(20)13-5-3-4-12(13)9-18;/h6-8,10,12-13H,3-5,9,18H2,1-2H3,(H,19,20);1H/t10?,12-,13-;/m1./s1. The minimum absolute atomic E-state index is 0. The Balaban J connectivity index is 0.00000242. The van der Waals surface area contributed by atoms with Crippen LogP contribution < -0.4 is 15.8 Å². The summed E-state index contributed by atoms with van der Waals surface area (Å²) in [6.07, 6.45) is 2.95. The average molecular weight is 331 g/mol. The number of hydrogen-bond donors (Lipinski definition) is 2. The average Bonchev–Trinajstić information content (AvgIpc) is 2.95. The lowest BCUT2D eigenvalue weighted by molar-refractivity contribution is -0.126. The third-order valence-electron chi connectivity index (χ3n) is 4.33. The Kier molecular flexibility index (Phi) is 7.10. The predicted molar refractivity (Wildman–Crippen MR) is 86.6 cm³/mol. The topological polar surface area (TPSA) is 64.3 Å². The van der Waals surface area contributed by atoms with Crippen molar-refractivity contribution in [1.29, 1.82) is 0 Å². The molecule has 1 saturated carbocycles. The summed E-state index contributed by atoms with van der Waals surface area (Å²) in [5.41, 5.74) is 6.44. The Morgan fingerprint density at radius 3 is 2.82 bits per heavy atom. The third kappa shape index (κ3) is 4.11. The van der Waals surface area contributed by atoms with E-state index in [0.717, 1.165) is 24.8 Å². The molecule has 1 aromatic rings. The van der Waals surface area contributed by atoms with Crippen molar-refractivity contribution in [1.82, 2.24) is 5.32 Å². The summed E-state index contributed by atoms with van der Waals surface area (Å²) in [6, 6.07) is 4.50. The normalized spacial score (nSPS) is 21.8. The van der Waals surface area contributed by atoms with Gasteiger partial charge in [0.25, 0.3) is 0 Å². The summed E-state index contributed by atoms with van der Waals surface area (Å²) < 4.78 is 18.6. The number of amides is 1. The number of ether oxygens (including phenoxy) is 1. The van der Waals surface area contributed by atoms with Crippen molar-refractivity contribution in [3.63, 3.8) is 0 Å². The van der Waals surface area contributed by atoms with Gasteiger partial charge < -0.3 is 15.8 Å². The van der Waals surface area contributed by atoms with E-state index in [9.17, 15) is 9.18 Å². The van der Waals surface area contributed by atoms with Crippen molar-refractivity contribution in [2.24, 2.45) is 17.6 Å². The van der Waals surface area contributed by atoms with Gasteiger partial charge in [-0.2, -0.15) is 0 Å². The largest absolute Gasteiger partial charge is 0.494 e. The number of nitrogens with two attached hydrogens (primary N) is 1. The number of halogens is 2. The first-order valence-electron chi connectivity index (χ1n) is 7.40. The number of carbonyl (C=O) groups excluding carboxylic acids is 1. The highest BCUT2D eigenvalue weighted by atomic mass is 35.5. The van der Waals surface area contributed by atoms with Gasteiger partial charge in [0.15, 0.2) is 11.6 Å². The smallest absolute Gasteiger partial charge is 0.223 e. The van der Waals surface area contributed by atoms with Crippen LogP contribution in [0.25, 0.3) is 0 Å². The van der Waals surface area contributed by atoms with Crippen LogP contribution in [-0.2, 0) is 4.79 Å². The number of methoxy groups -OCH3 is 1. The second-order valence-corrected chi connectivity index (χ2v) is 5.66. The van der Waals surface area contributed by atoms with Crippen molar-refractivity contribution < 1.29 is 13.9 Å². The minimum atomic E-state index is -0.420. The van der Waals surface area contributed by atoms with E-state index in [-0.39, 0.29) is 41.9 Å². The lowest BCUT2D eigenvalue weighted by atomic mass is 9.94. The van der Waals surface area contributed by atoms with E-state index in [2.05, 4.69) is 5.32 Å². The van der Waals surface area contributed by atoms with Crippen LogP contribution in [0, 0.1) is 17.7 Å². The van der Waals surface area contributed by atoms with E-state index in [1.165, 1.54) is 13.2 Å².